The number of nitrogens with zero attached hydrogens (tertiary/aromatic N) is 3. The minimum Gasteiger partial charge on any atom is -0.491 e. The number of ether oxygens (including phenoxy) is 1. The number of sulfone groups is 1. The smallest absolute Gasteiger partial charge is 0.416 e. The van der Waals surface area contributed by atoms with Crippen LogP contribution in [0.3, 0.4) is 0 Å². The molecule has 202 valence electrons. The van der Waals surface area contributed by atoms with Gasteiger partial charge in [-0.3, -0.25) is 9.80 Å². The van der Waals surface area contributed by atoms with E-state index in [1.54, 1.807) is 11.3 Å². The van der Waals surface area contributed by atoms with Gasteiger partial charge < -0.3 is 15.6 Å². The first-order valence-electron chi connectivity index (χ1n) is 11.7. The van der Waals surface area contributed by atoms with Gasteiger partial charge in [0.05, 0.1) is 37.1 Å². The Hall–Kier alpha value is -2.45. The SMILES string of the molecule is Cc1nc2cc(OC[C@H](O)CN3CCN(CCS(=O)(=O)c4cc(C(F)(F)F)ccc4N)CC3)ccc2s1. The van der Waals surface area contributed by atoms with Crippen LogP contribution in [0.4, 0.5) is 18.9 Å². The Morgan fingerprint density at radius 1 is 1.14 bits per heavy atom. The summed E-state index contributed by atoms with van der Waals surface area (Å²) < 4.78 is 71.3. The predicted octanol–water partition coefficient (Wildman–Crippen LogP) is 3.04. The largest absolute Gasteiger partial charge is 0.491 e. The van der Waals surface area contributed by atoms with Gasteiger partial charge in [-0.25, -0.2) is 13.4 Å². The second-order valence-electron chi connectivity index (χ2n) is 9.04. The van der Waals surface area contributed by atoms with Crippen molar-refractivity contribution in [2.45, 2.75) is 24.1 Å². The molecule has 8 nitrogen and oxygen atoms in total. The van der Waals surface area contributed by atoms with Crippen LogP contribution < -0.4 is 10.5 Å². The summed E-state index contributed by atoms with van der Waals surface area (Å²) in [7, 11) is -3.99. The molecule has 1 saturated heterocycles. The summed E-state index contributed by atoms with van der Waals surface area (Å²) >= 11 is 1.61. The maximum absolute atomic E-state index is 13.0. The molecule has 1 aliphatic rings. The first-order valence-corrected chi connectivity index (χ1v) is 14.2. The number of nitrogen functional groups attached to an aromatic ring is 1. The molecule has 0 saturated carbocycles. The highest BCUT2D eigenvalue weighted by Crippen LogP contribution is 2.33. The molecule has 2 heterocycles. The maximum Gasteiger partial charge on any atom is 0.416 e. The van der Waals surface area contributed by atoms with Crippen molar-refractivity contribution in [3.63, 3.8) is 0 Å². The number of thiazole rings is 1. The Balaban J connectivity index is 1.22. The number of hydrogen-bond acceptors (Lipinski definition) is 9. The molecule has 0 spiro atoms. The average molecular weight is 559 g/mol. The van der Waals surface area contributed by atoms with Gasteiger partial charge in [-0.2, -0.15) is 13.2 Å². The minimum absolute atomic E-state index is 0.130. The van der Waals surface area contributed by atoms with E-state index in [1.807, 2.05) is 30.0 Å². The van der Waals surface area contributed by atoms with Crippen LogP contribution in [0, 0.1) is 6.92 Å². The van der Waals surface area contributed by atoms with E-state index in [4.69, 9.17) is 10.5 Å². The topological polar surface area (TPSA) is 109 Å². The first kappa shape index (κ1) is 27.6. The summed E-state index contributed by atoms with van der Waals surface area (Å²) in [6.07, 6.45) is -5.36. The molecule has 4 rings (SSSR count). The van der Waals surface area contributed by atoms with Crippen molar-refractivity contribution in [1.82, 2.24) is 14.8 Å². The lowest BCUT2D eigenvalue weighted by atomic mass is 10.2. The lowest BCUT2D eigenvalue weighted by Gasteiger charge is -2.35. The number of aryl methyl sites for hydroxylation is 1. The average Bonchev–Trinajstić information content (AvgIpc) is 3.21. The molecule has 1 aromatic heterocycles. The van der Waals surface area contributed by atoms with Crippen LogP contribution in [-0.2, 0) is 16.0 Å². The van der Waals surface area contributed by atoms with Gasteiger partial charge in [-0.15, -0.1) is 11.3 Å². The molecule has 0 aliphatic carbocycles. The summed E-state index contributed by atoms with van der Waals surface area (Å²) in [6.45, 7) is 5.04. The highest BCUT2D eigenvalue weighted by Gasteiger charge is 2.33. The molecule has 0 unspecified atom stereocenters. The van der Waals surface area contributed by atoms with Gasteiger partial charge in [0.15, 0.2) is 9.84 Å². The van der Waals surface area contributed by atoms with E-state index >= 15 is 0 Å². The highest BCUT2D eigenvalue weighted by atomic mass is 32.2. The van der Waals surface area contributed by atoms with Crippen LogP contribution in [-0.4, -0.2) is 86.0 Å². The molecular weight excluding hydrogens is 529 g/mol. The Labute approximate surface area is 217 Å². The fraction of sp³-hybridized carbons (Fsp3) is 0.458. The molecule has 3 N–H and O–H groups in total. The lowest BCUT2D eigenvalue weighted by Crippen LogP contribution is -2.50. The molecule has 13 heteroatoms. The molecule has 2 aromatic carbocycles. The normalized spacial score (nSPS) is 16.8. The van der Waals surface area contributed by atoms with Crippen LogP contribution >= 0.6 is 11.3 Å². The Kier molecular flexibility index (Phi) is 8.29. The molecule has 1 atom stereocenters. The van der Waals surface area contributed by atoms with Crippen molar-refractivity contribution in [3.8, 4) is 5.75 Å². The predicted molar refractivity (Wildman–Crippen MR) is 137 cm³/mol. The first-order chi connectivity index (χ1) is 17.4. The molecule has 1 fully saturated rings. The number of halogens is 3. The molecule has 0 radical (unpaired) electrons. The van der Waals surface area contributed by atoms with E-state index in [9.17, 15) is 26.7 Å². The molecule has 1 aliphatic heterocycles. The summed E-state index contributed by atoms with van der Waals surface area (Å²) in [5.41, 5.74) is 5.30. The number of nitrogens with two attached hydrogens (primary N) is 1. The molecule has 0 bridgehead atoms. The number of hydrogen-bond donors (Lipinski definition) is 2. The number of alkyl halides is 3. The van der Waals surface area contributed by atoms with Gasteiger partial charge in [-0.05, 0) is 37.3 Å². The third-order valence-electron chi connectivity index (χ3n) is 6.19. The molecule has 3 aromatic rings. The maximum atomic E-state index is 13.0. The fourth-order valence-electron chi connectivity index (χ4n) is 4.19. The minimum atomic E-state index is -4.65. The van der Waals surface area contributed by atoms with Gasteiger partial charge in [0.2, 0.25) is 0 Å². The quantitative estimate of drug-likeness (QED) is 0.386. The van der Waals surface area contributed by atoms with Crippen LogP contribution in [0.25, 0.3) is 10.2 Å². The molecule has 37 heavy (non-hydrogen) atoms. The van der Waals surface area contributed by atoms with Crippen LogP contribution in [0.2, 0.25) is 0 Å². The van der Waals surface area contributed by atoms with Gasteiger partial charge in [0, 0.05) is 45.3 Å². The van der Waals surface area contributed by atoms with Crippen molar-refractivity contribution in [2.75, 3.05) is 57.4 Å². The zero-order chi connectivity index (χ0) is 26.8. The zero-order valence-electron chi connectivity index (χ0n) is 20.2. The van der Waals surface area contributed by atoms with Crippen molar-refractivity contribution >= 4 is 37.1 Å². The van der Waals surface area contributed by atoms with Crippen molar-refractivity contribution < 1.29 is 31.4 Å². The lowest BCUT2D eigenvalue weighted by molar-refractivity contribution is -0.137. The summed E-state index contributed by atoms with van der Waals surface area (Å²) in [5, 5.41) is 11.4. The van der Waals surface area contributed by atoms with E-state index in [2.05, 4.69) is 9.88 Å². The van der Waals surface area contributed by atoms with Gasteiger partial charge in [-0.1, -0.05) is 0 Å². The second kappa shape index (κ2) is 11.1. The third kappa shape index (κ3) is 7.11. The van der Waals surface area contributed by atoms with Crippen LogP contribution in [0.15, 0.2) is 41.3 Å². The number of fused-ring (bicyclic) bond motifs is 1. The van der Waals surface area contributed by atoms with Crippen molar-refractivity contribution in [2.24, 2.45) is 0 Å². The van der Waals surface area contributed by atoms with E-state index in [0.29, 0.717) is 44.5 Å². The number of benzene rings is 2. The number of aliphatic hydroxyl groups is 1. The van der Waals surface area contributed by atoms with Gasteiger partial charge in [0.1, 0.15) is 18.5 Å². The number of rotatable bonds is 9. The van der Waals surface area contributed by atoms with E-state index in [1.165, 1.54) is 0 Å². The monoisotopic (exact) mass is 558 g/mol. The Bertz CT molecular complexity index is 1340. The van der Waals surface area contributed by atoms with Crippen LogP contribution in [0.5, 0.6) is 5.75 Å². The number of β-amino-alcohol motifs (C(OH)–C–C–N with tert-alkyl or cyclic N) is 1. The summed E-state index contributed by atoms with van der Waals surface area (Å²) in [4.78, 5) is 7.95. The second-order valence-corrected chi connectivity index (χ2v) is 12.4. The number of piperazine rings is 1. The Morgan fingerprint density at radius 2 is 1.84 bits per heavy atom. The summed E-state index contributed by atoms with van der Waals surface area (Å²) in [5.74, 6) is 0.307. The van der Waals surface area contributed by atoms with E-state index in [-0.39, 0.29) is 24.6 Å². The third-order valence-corrected chi connectivity index (χ3v) is 8.89. The van der Waals surface area contributed by atoms with Crippen LogP contribution in [0.1, 0.15) is 10.6 Å². The van der Waals surface area contributed by atoms with Gasteiger partial charge in [0.25, 0.3) is 0 Å². The number of aliphatic hydroxyl groups excluding tert-OH is 1. The number of anilines is 1. The molecular formula is C24H29F3N4O4S2. The van der Waals surface area contributed by atoms with Crippen molar-refractivity contribution in [3.05, 3.63) is 47.0 Å². The molecule has 0 amide bonds. The zero-order valence-corrected chi connectivity index (χ0v) is 21.9. The van der Waals surface area contributed by atoms with Crippen molar-refractivity contribution in [1.29, 1.82) is 0 Å². The van der Waals surface area contributed by atoms with E-state index < -0.39 is 32.6 Å². The number of aromatic nitrogens is 1. The summed E-state index contributed by atoms with van der Waals surface area (Å²) in [6, 6.07) is 8.00. The highest BCUT2D eigenvalue weighted by molar-refractivity contribution is 7.91. The Morgan fingerprint density at radius 3 is 2.54 bits per heavy atom. The fourth-order valence-corrected chi connectivity index (χ4v) is 6.45. The standard InChI is InChI=1S/C24H29F3N4O4S2/c1-16-29-21-13-19(3-5-22(21)36-16)35-15-18(32)14-31-8-6-30(7-9-31)10-11-37(33,34)23-12-17(24(25,26)27)2-4-20(23)28/h2-5,12-13,18,32H,6-11,14-15,28H2,1H3/t18-/m1/s1. The van der Waals surface area contributed by atoms with E-state index in [0.717, 1.165) is 27.4 Å². The van der Waals surface area contributed by atoms with Gasteiger partial charge >= 0.3 is 6.18 Å².